The molecule has 2 N–H and O–H groups in total. The van der Waals surface area contributed by atoms with Crippen LogP contribution in [0.25, 0.3) is 0 Å². The van der Waals surface area contributed by atoms with Crippen molar-refractivity contribution in [2.45, 2.75) is 50.8 Å². The summed E-state index contributed by atoms with van der Waals surface area (Å²) in [6, 6.07) is 7.61. The van der Waals surface area contributed by atoms with Crippen molar-refractivity contribution in [2.75, 3.05) is 6.54 Å². The topological polar surface area (TPSA) is 69.6 Å². The summed E-state index contributed by atoms with van der Waals surface area (Å²) in [4.78, 5) is 0. The van der Waals surface area contributed by atoms with E-state index in [2.05, 4.69) is 10.8 Å². The molecule has 2 aliphatic rings. The second-order valence-corrected chi connectivity index (χ2v) is 7.64. The molecule has 1 aromatic rings. The van der Waals surface area contributed by atoms with Crippen molar-refractivity contribution in [3.05, 3.63) is 35.4 Å². The van der Waals surface area contributed by atoms with Gasteiger partial charge in [-0.25, -0.2) is 0 Å². The van der Waals surface area contributed by atoms with E-state index in [1.165, 1.54) is 9.87 Å². The molecule has 1 aromatic carbocycles. The lowest BCUT2D eigenvalue weighted by Gasteiger charge is -2.33. The van der Waals surface area contributed by atoms with E-state index >= 15 is 0 Å². The van der Waals surface area contributed by atoms with Gasteiger partial charge in [0.05, 0.1) is 6.10 Å². The summed E-state index contributed by atoms with van der Waals surface area (Å²) in [5.74, 6) is 0. The van der Waals surface area contributed by atoms with Crippen molar-refractivity contribution in [2.24, 2.45) is 0 Å². The second kappa shape index (κ2) is 6.04. The first-order chi connectivity index (χ1) is 10.1. The Balaban J connectivity index is 1.71. The van der Waals surface area contributed by atoms with E-state index in [9.17, 15) is 13.5 Å². The number of aliphatic hydroxyl groups is 1. The number of nitrogens with zero attached hydrogens (tertiary/aromatic N) is 1. The van der Waals surface area contributed by atoms with Gasteiger partial charge in [0, 0.05) is 19.1 Å². The maximum absolute atomic E-state index is 12.5. The van der Waals surface area contributed by atoms with Gasteiger partial charge in [0.1, 0.15) is 0 Å². The molecule has 0 spiro atoms. The van der Waals surface area contributed by atoms with Gasteiger partial charge in [-0.1, -0.05) is 37.1 Å². The second-order valence-electron chi connectivity index (χ2n) is 5.93. The third kappa shape index (κ3) is 3.29. The third-order valence-electron chi connectivity index (χ3n) is 4.47. The number of fused-ring (bicyclic) bond motifs is 1. The zero-order valence-electron chi connectivity index (χ0n) is 12.0. The molecule has 1 aliphatic heterocycles. The SMILES string of the molecule is O=S(=O)(N[C@@H]1CCCC[C@H]1O)N1CCc2ccccc2C1. The Morgan fingerprint density at radius 2 is 1.86 bits per heavy atom. The van der Waals surface area contributed by atoms with E-state index in [0.717, 1.165) is 24.8 Å². The minimum Gasteiger partial charge on any atom is -0.391 e. The summed E-state index contributed by atoms with van der Waals surface area (Å²) >= 11 is 0. The summed E-state index contributed by atoms with van der Waals surface area (Å²) in [6.45, 7) is 0.906. The number of nitrogens with one attached hydrogen (secondary N) is 1. The first kappa shape index (κ1) is 15.0. The van der Waals surface area contributed by atoms with Gasteiger partial charge in [0.25, 0.3) is 10.2 Å². The van der Waals surface area contributed by atoms with Gasteiger partial charge in [0.2, 0.25) is 0 Å². The van der Waals surface area contributed by atoms with E-state index in [1.54, 1.807) is 0 Å². The quantitative estimate of drug-likeness (QED) is 0.881. The lowest BCUT2D eigenvalue weighted by Crippen LogP contribution is -2.51. The molecule has 2 atom stereocenters. The molecule has 0 saturated heterocycles. The highest BCUT2D eigenvalue weighted by Crippen LogP contribution is 2.23. The molecule has 5 nitrogen and oxygen atoms in total. The summed E-state index contributed by atoms with van der Waals surface area (Å²) in [5, 5.41) is 9.94. The Morgan fingerprint density at radius 3 is 2.62 bits per heavy atom. The fraction of sp³-hybridized carbons (Fsp3) is 0.600. The average Bonchev–Trinajstić information content (AvgIpc) is 2.49. The molecule has 0 aromatic heterocycles. The Bertz CT molecular complexity index is 603. The Hall–Kier alpha value is -0.950. The van der Waals surface area contributed by atoms with Crippen LogP contribution in [-0.2, 0) is 23.2 Å². The number of benzene rings is 1. The van der Waals surface area contributed by atoms with Crippen LogP contribution in [0.15, 0.2) is 24.3 Å². The first-order valence-electron chi connectivity index (χ1n) is 7.58. The van der Waals surface area contributed by atoms with Gasteiger partial charge in [-0.15, -0.1) is 0 Å². The number of rotatable bonds is 3. The molecule has 116 valence electrons. The zero-order valence-corrected chi connectivity index (χ0v) is 12.8. The van der Waals surface area contributed by atoms with Gasteiger partial charge in [-0.2, -0.15) is 17.4 Å². The van der Waals surface area contributed by atoms with Crippen LogP contribution in [0.1, 0.15) is 36.8 Å². The Morgan fingerprint density at radius 1 is 1.14 bits per heavy atom. The fourth-order valence-electron chi connectivity index (χ4n) is 3.19. The van der Waals surface area contributed by atoms with E-state index in [1.807, 2.05) is 18.2 Å². The van der Waals surface area contributed by atoms with Crippen LogP contribution in [0.2, 0.25) is 0 Å². The number of hydrogen-bond donors (Lipinski definition) is 2. The van der Waals surface area contributed by atoms with Crippen LogP contribution in [-0.4, -0.2) is 36.5 Å². The van der Waals surface area contributed by atoms with E-state index in [0.29, 0.717) is 25.9 Å². The highest BCUT2D eigenvalue weighted by molar-refractivity contribution is 7.87. The molecule has 1 fully saturated rings. The molecular formula is C15H22N2O3S. The van der Waals surface area contributed by atoms with Crippen molar-refractivity contribution in [3.8, 4) is 0 Å². The molecule has 0 amide bonds. The highest BCUT2D eigenvalue weighted by Gasteiger charge is 2.32. The van der Waals surface area contributed by atoms with Gasteiger partial charge >= 0.3 is 0 Å². The molecular weight excluding hydrogens is 288 g/mol. The summed E-state index contributed by atoms with van der Waals surface area (Å²) in [5.41, 5.74) is 2.29. The highest BCUT2D eigenvalue weighted by atomic mass is 32.2. The van der Waals surface area contributed by atoms with Gasteiger partial charge in [-0.05, 0) is 30.4 Å². The average molecular weight is 310 g/mol. The number of aliphatic hydroxyl groups excluding tert-OH is 1. The predicted molar refractivity (Wildman–Crippen MR) is 80.9 cm³/mol. The summed E-state index contributed by atoms with van der Waals surface area (Å²) in [6.07, 6.45) is 3.50. The molecule has 1 heterocycles. The van der Waals surface area contributed by atoms with Gasteiger partial charge < -0.3 is 5.11 Å². The van der Waals surface area contributed by atoms with Crippen LogP contribution >= 0.6 is 0 Å². The zero-order chi connectivity index (χ0) is 14.9. The molecule has 0 radical (unpaired) electrons. The molecule has 6 heteroatoms. The maximum Gasteiger partial charge on any atom is 0.280 e. The minimum atomic E-state index is -3.54. The standard InChI is InChI=1S/C15H22N2O3S/c18-15-8-4-3-7-14(15)16-21(19,20)17-10-9-12-5-1-2-6-13(12)11-17/h1-2,5-6,14-16,18H,3-4,7-11H2/t14-,15-/m1/s1. The van der Waals surface area contributed by atoms with Crippen molar-refractivity contribution < 1.29 is 13.5 Å². The Kier molecular flexibility index (Phi) is 4.31. The van der Waals surface area contributed by atoms with E-state index in [-0.39, 0.29) is 6.04 Å². The number of hydrogen-bond acceptors (Lipinski definition) is 3. The van der Waals surface area contributed by atoms with E-state index < -0.39 is 16.3 Å². The van der Waals surface area contributed by atoms with Gasteiger partial charge in [0.15, 0.2) is 0 Å². The van der Waals surface area contributed by atoms with Crippen LogP contribution in [0, 0.1) is 0 Å². The van der Waals surface area contributed by atoms with Crippen molar-refractivity contribution in [1.29, 1.82) is 0 Å². The predicted octanol–water partition coefficient (Wildman–Crippen LogP) is 1.18. The molecule has 1 aliphatic carbocycles. The minimum absolute atomic E-state index is 0.346. The van der Waals surface area contributed by atoms with Crippen LogP contribution < -0.4 is 4.72 Å². The van der Waals surface area contributed by atoms with Crippen molar-refractivity contribution in [1.82, 2.24) is 9.03 Å². The van der Waals surface area contributed by atoms with Crippen molar-refractivity contribution >= 4 is 10.2 Å². The van der Waals surface area contributed by atoms with Gasteiger partial charge in [-0.3, -0.25) is 0 Å². The van der Waals surface area contributed by atoms with E-state index in [4.69, 9.17) is 0 Å². The Labute approximate surface area is 126 Å². The molecule has 0 unspecified atom stereocenters. The largest absolute Gasteiger partial charge is 0.391 e. The monoisotopic (exact) mass is 310 g/mol. The maximum atomic E-state index is 12.5. The summed E-state index contributed by atoms with van der Waals surface area (Å²) in [7, 11) is -3.54. The fourth-order valence-corrected chi connectivity index (χ4v) is 4.64. The lowest BCUT2D eigenvalue weighted by molar-refractivity contribution is 0.100. The van der Waals surface area contributed by atoms with Crippen molar-refractivity contribution in [3.63, 3.8) is 0 Å². The van der Waals surface area contributed by atoms with Crippen LogP contribution in [0.3, 0.4) is 0 Å². The third-order valence-corrected chi connectivity index (χ3v) is 6.06. The summed E-state index contributed by atoms with van der Waals surface area (Å²) < 4.78 is 29.2. The van der Waals surface area contributed by atoms with Crippen LogP contribution in [0.4, 0.5) is 0 Å². The smallest absolute Gasteiger partial charge is 0.280 e. The first-order valence-corrected chi connectivity index (χ1v) is 9.02. The molecule has 21 heavy (non-hydrogen) atoms. The molecule has 3 rings (SSSR count). The molecule has 0 bridgehead atoms. The lowest BCUT2D eigenvalue weighted by atomic mass is 9.93. The molecule has 1 saturated carbocycles. The normalized spacial score (nSPS) is 27.3. The van der Waals surface area contributed by atoms with Crippen LogP contribution in [0.5, 0.6) is 0 Å².